The van der Waals surface area contributed by atoms with E-state index >= 15 is 0 Å². The minimum absolute atomic E-state index is 0.0614. The van der Waals surface area contributed by atoms with Crippen molar-refractivity contribution in [3.8, 4) is 6.07 Å². The van der Waals surface area contributed by atoms with Gasteiger partial charge in [0.05, 0.1) is 17.2 Å². The maximum Gasteiger partial charge on any atom is 0.328 e. The summed E-state index contributed by atoms with van der Waals surface area (Å²) in [5, 5.41) is 12.8. The number of nitrogens with one attached hydrogen (secondary N) is 2. The number of aromatic nitrogens is 1. The Balaban J connectivity index is 0.935. The molecule has 4 aromatic rings. The standard InChI is InChI=1S/C41H45N7O3/c1-4-27-22-31-32(41(2,3)39-37(38(31)50)30-10-9-26(24-42)21-33(30)43-39)23-35(27)47-14-11-29(12-15-47)46-19-17-45(18-20-46)25-28-7-5-6-8-34(28)48-16-13-36(49)44-40(48)51/h5-10,21-23,29,43H,4,11-20,25H2,1-3H3,(H,44,49,51). The lowest BCUT2D eigenvalue weighted by Gasteiger charge is -2.44. The highest BCUT2D eigenvalue weighted by molar-refractivity contribution is 6.20. The van der Waals surface area contributed by atoms with Crippen molar-refractivity contribution in [2.75, 3.05) is 55.6 Å². The van der Waals surface area contributed by atoms with E-state index in [4.69, 9.17) is 0 Å². The summed E-state index contributed by atoms with van der Waals surface area (Å²) in [7, 11) is 0. The summed E-state index contributed by atoms with van der Waals surface area (Å²) >= 11 is 0. The van der Waals surface area contributed by atoms with E-state index in [0.717, 1.165) is 110 Å². The summed E-state index contributed by atoms with van der Waals surface area (Å²) < 4.78 is 0. The molecule has 0 spiro atoms. The maximum atomic E-state index is 14.1. The molecule has 2 N–H and O–H groups in total. The molecule has 10 nitrogen and oxygen atoms in total. The molecule has 8 rings (SSSR count). The van der Waals surface area contributed by atoms with Gasteiger partial charge >= 0.3 is 6.03 Å². The zero-order chi connectivity index (χ0) is 35.4. The van der Waals surface area contributed by atoms with Gasteiger partial charge in [-0.2, -0.15) is 5.26 Å². The lowest BCUT2D eigenvalue weighted by Crippen LogP contribution is -2.53. The van der Waals surface area contributed by atoms with E-state index < -0.39 is 5.41 Å². The average molecular weight is 684 g/mol. The van der Waals surface area contributed by atoms with E-state index in [-0.39, 0.29) is 17.7 Å². The number of carbonyl (C=O) groups excluding carboxylic acids is 3. The number of imide groups is 1. The van der Waals surface area contributed by atoms with Crippen LogP contribution in [0.2, 0.25) is 0 Å². The Kier molecular flexibility index (Phi) is 8.44. The maximum absolute atomic E-state index is 14.1. The summed E-state index contributed by atoms with van der Waals surface area (Å²) in [4.78, 5) is 51.3. The van der Waals surface area contributed by atoms with Gasteiger partial charge in [0.2, 0.25) is 5.91 Å². The lowest BCUT2D eigenvalue weighted by molar-refractivity contribution is -0.120. The van der Waals surface area contributed by atoms with Gasteiger partial charge in [0.1, 0.15) is 0 Å². The molecule has 0 atom stereocenters. The topological polar surface area (TPSA) is 116 Å². The zero-order valence-electron chi connectivity index (χ0n) is 29.7. The molecule has 4 heterocycles. The third-order valence-electron chi connectivity index (χ3n) is 11.8. The summed E-state index contributed by atoms with van der Waals surface area (Å²) in [6, 6.07) is 20.5. The quantitative estimate of drug-likeness (QED) is 0.268. The van der Waals surface area contributed by atoms with Crippen molar-refractivity contribution in [1.29, 1.82) is 5.26 Å². The SMILES string of the molecule is CCc1cc2c(cc1N1CCC(N3CCN(Cc4ccccc4N4CCC(=O)NC4=O)CC3)CC1)C(C)(C)c1[nH]c3cc(C#N)ccc3c1C2=O. The minimum Gasteiger partial charge on any atom is -0.371 e. The third kappa shape index (κ3) is 5.78. The zero-order valence-corrected chi connectivity index (χ0v) is 29.7. The van der Waals surface area contributed by atoms with Crippen molar-refractivity contribution < 1.29 is 14.4 Å². The molecular weight excluding hydrogens is 638 g/mol. The number of rotatable bonds is 6. The molecule has 1 aliphatic carbocycles. The van der Waals surface area contributed by atoms with Crippen molar-refractivity contribution in [2.24, 2.45) is 0 Å². The smallest absolute Gasteiger partial charge is 0.328 e. The second-order valence-electron chi connectivity index (χ2n) is 15.0. The van der Waals surface area contributed by atoms with E-state index in [0.29, 0.717) is 24.6 Å². The number of urea groups is 1. The predicted molar refractivity (Wildman–Crippen MR) is 198 cm³/mol. The van der Waals surface area contributed by atoms with Gasteiger partial charge in [-0.1, -0.05) is 45.0 Å². The highest BCUT2D eigenvalue weighted by atomic mass is 16.2. The molecule has 3 aromatic carbocycles. The Morgan fingerprint density at radius 3 is 2.37 bits per heavy atom. The van der Waals surface area contributed by atoms with E-state index in [2.05, 4.69) is 70.0 Å². The number of piperazine rings is 1. The first-order chi connectivity index (χ1) is 24.7. The van der Waals surface area contributed by atoms with Crippen molar-refractivity contribution in [2.45, 2.75) is 64.5 Å². The molecule has 1 aromatic heterocycles. The van der Waals surface area contributed by atoms with Gasteiger partial charge in [0.15, 0.2) is 5.78 Å². The van der Waals surface area contributed by atoms with Crippen molar-refractivity contribution in [1.82, 2.24) is 20.1 Å². The largest absolute Gasteiger partial charge is 0.371 e. The number of H-pyrrole nitrogens is 1. The first-order valence-corrected chi connectivity index (χ1v) is 18.3. The monoisotopic (exact) mass is 683 g/mol. The molecule has 3 amide bonds. The van der Waals surface area contributed by atoms with Crippen LogP contribution in [0.5, 0.6) is 0 Å². The van der Waals surface area contributed by atoms with Crippen molar-refractivity contribution in [3.63, 3.8) is 0 Å². The molecule has 262 valence electrons. The number of piperidine rings is 1. The van der Waals surface area contributed by atoms with Crippen LogP contribution in [0.3, 0.4) is 0 Å². The number of aryl methyl sites for hydroxylation is 1. The molecule has 3 fully saturated rings. The number of amides is 3. The van der Waals surface area contributed by atoms with Crippen LogP contribution in [0.1, 0.15) is 83.9 Å². The molecule has 3 aliphatic heterocycles. The number of hydrogen-bond donors (Lipinski definition) is 2. The Labute approximate surface area is 299 Å². The number of nitrogens with zero attached hydrogens (tertiary/aromatic N) is 5. The second kappa shape index (κ2) is 13.0. The molecule has 4 aliphatic rings. The number of carbonyl (C=O) groups is 3. The van der Waals surface area contributed by atoms with Crippen LogP contribution in [0, 0.1) is 11.3 Å². The van der Waals surface area contributed by atoms with Gasteiger partial charge in [-0.15, -0.1) is 0 Å². The van der Waals surface area contributed by atoms with Crippen LogP contribution < -0.4 is 15.1 Å². The van der Waals surface area contributed by atoms with Gasteiger partial charge in [-0.3, -0.25) is 29.6 Å². The summed E-state index contributed by atoms with van der Waals surface area (Å²) in [6.07, 6.45) is 3.37. The highest BCUT2D eigenvalue weighted by Crippen LogP contribution is 2.46. The van der Waals surface area contributed by atoms with Crippen molar-refractivity contribution >= 4 is 40.0 Å². The first-order valence-electron chi connectivity index (χ1n) is 18.3. The van der Waals surface area contributed by atoms with Gasteiger partial charge in [0, 0.05) is 104 Å². The van der Waals surface area contributed by atoms with Gasteiger partial charge < -0.3 is 9.88 Å². The van der Waals surface area contributed by atoms with Crippen LogP contribution in [-0.2, 0) is 23.2 Å². The highest BCUT2D eigenvalue weighted by Gasteiger charge is 2.41. The molecular formula is C41H45N7O3. The molecule has 51 heavy (non-hydrogen) atoms. The number of ketones is 1. The normalized spacial score (nSPS) is 19.9. The summed E-state index contributed by atoms with van der Waals surface area (Å²) in [5.74, 6) is -0.155. The van der Waals surface area contributed by atoms with Crippen LogP contribution in [0.15, 0.2) is 54.6 Å². The fourth-order valence-electron chi connectivity index (χ4n) is 8.86. The van der Waals surface area contributed by atoms with Crippen LogP contribution in [0.4, 0.5) is 16.2 Å². The number of anilines is 2. The van der Waals surface area contributed by atoms with E-state index in [9.17, 15) is 19.6 Å². The number of hydrogen-bond acceptors (Lipinski definition) is 7. The fraction of sp³-hybridized carbons (Fsp3) is 0.415. The van der Waals surface area contributed by atoms with E-state index in [1.54, 1.807) is 11.0 Å². The molecule has 0 bridgehead atoms. The summed E-state index contributed by atoms with van der Waals surface area (Å²) in [5.41, 5.74) is 8.99. The number of benzene rings is 3. The Morgan fingerprint density at radius 2 is 1.65 bits per heavy atom. The third-order valence-corrected chi connectivity index (χ3v) is 11.8. The second-order valence-corrected chi connectivity index (χ2v) is 15.0. The average Bonchev–Trinajstić information content (AvgIpc) is 3.55. The van der Waals surface area contributed by atoms with Crippen LogP contribution in [0.25, 0.3) is 10.9 Å². The fourth-order valence-corrected chi connectivity index (χ4v) is 8.86. The molecule has 0 unspecified atom stereocenters. The van der Waals surface area contributed by atoms with Gasteiger partial charge in [0.25, 0.3) is 0 Å². The molecule has 3 saturated heterocycles. The molecule has 10 heteroatoms. The van der Waals surface area contributed by atoms with Crippen LogP contribution >= 0.6 is 0 Å². The lowest BCUT2D eigenvalue weighted by atomic mass is 9.70. The van der Waals surface area contributed by atoms with Gasteiger partial charge in [-0.25, -0.2) is 4.79 Å². The minimum atomic E-state index is -0.400. The number of nitriles is 1. The number of fused-ring (bicyclic) bond motifs is 4. The first kappa shape index (κ1) is 33.2. The Hall–Kier alpha value is -4.98. The van der Waals surface area contributed by atoms with E-state index in [1.807, 2.05) is 30.3 Å². The van der Waals surface area contributed by atoms with E-state index in [1.165, 1.54) is 11.3 Å². The Morgan fingerprint density at radius 1 is 0.882 bits per heavy atom. The van der Waals surface area contributed by atoms with Crippen LogP contribution in [-0.4, -0.2) is 84.4 Å². The number of aromatic amines is 1. The predicted octanol–water partition coefficient (Wildman–Crippen LogP) is 5.71. The number of para-hydroxylation sites is 1. The molecule has 0 saturated carbocycles. The van der Waals surface area contributed by atoms with Gasteiger partial charge in [-0.05, 0) is 66.3 Å². The van der Waals surface area contributed by atoms with Crippen molar-refractivity contribution in [3.05, 3.63) is 93.7 Å². The Bertz CT molecular complexity index is 2090. The summed E-state index contributed by atoms with van der Waals surface area (Å²) in [6.45, 7) is 13.7. The molecule has 0 radical (unpaired) electrons.